The van der Waals surface area contributed by atoms with E-state index >= 15 is 0 Å². The third-order valence-corrected chi connectivity index (χ3v) is 8.11. The molecule has 1 aliphatic heterocycles. The van der Waals surface area contributed by atoms with Crippen LogP contribution in [0.1, 0.15) is 36.6 Å². The third kappa shape index (κ3) is 8.98. The Morgan fingerprint density at radius 1 is 1.07 bits per heavy atom. The summed E-state index contributed by atoms with van der Waals surface area (Å²) in [4.78, 5) is 24.6. The van der Waals surface area contributed by atoms with Crippen molar-refractivity contribution >= 4 is 68.9 Å². The molecule has 46 heavy (non-hydrogen) atoms. The third-order valence-electron chi connectivity index (χ3n) is 6.50. The minimum absolute atomic E-state index is 0.181. The minimum atomic E-state index is -1.18. The fraction of sp³-hybridized carbons (Fsp3) is 0.258. The SMILES string of the molecule is CCOc1cc([C@@H]2NC(=O)NC(C)=C2C(=O)OC)ccc1OC[C@@H](O)N/N=C\c1cc(Cl)c(OCc2ccc(Cl)c(Cl)c2)c(Br)c1. The summed E-state index contributed by atoms with van der Waals surface area (Å²) >= 11 is 22.0. The van der Waals surface area contributed by atoms with Crippen molar-refractivity contribution in [2.45, 2.75) is 32.7 Å². The molecule has 4 rings (SSSR count). The number of carbonyl (C=O) groups excluding carboxylic acids is 2. The zero-order valence-electron chi connectivity index (χ0n) is 24.8. The first kappa shape index (κ1) is 35.2. The standard InChI is InChI=1S/C31H30BrCl3N4O7/c1-4-44-25-12-19(28-27(30(41)43-3)16(2)37-31(42)38-28)6-8-24(25)45-15-26(40)39-36-13-18-9-20(32)29(23(35)11-18)46-14-17-5-7-21(33)22(34)10-17/h5-13,26,28,39-40H,4,14-15H2,1-3H3,(H2,37,38,42)/b36-13-/t26-,28+/m1/s1. The van der Waals surface area contributed by atoms with Crippen LogP contribution >= 0.6 is 50.7 Å². The molecule has 244 valence electrons. The summed E-state index contributed by atoms with van der Waals surface area (Å²) in [5, 5.41) is 21.1. The highest BCUT2D eigenvalue weighted by molar-refractivity contribution is 9.10. The molecule has 0 radical (unpaired) electrons. The predicted molar refractivity (Wildman–Crippen MR) is 179 cm³/mol. The van der Waals surface area contributed by atoms with Gasteiger partial charge in [0.2, 0.25) is 0 Å². The first-order valence-electron chi connectivity index (χ1n) is 13.8. The highest BCUT2D eigenvalue weighted by Crippen LogP contribution is 2.36. The van der Waals surface area contributed by atoms with Gasteiger partial charge in [-0.15, -0.1) is 0 Å². The van der Waals surface area contributed by atoms with Gasteiger partial charge in [0, 0.05) is 5.70 Å². The number of amides is 2. The van der Waals surface area contributed by atoms with Crippen molar-refractivity contribution in [1.29, 1.82) is 0 Å². The number of methoxy groups -OCH3 is 1. The van der Waals surface area contributed by atoms with Gasteiger partial charge in [-0.1, -0.05) is 46.9 Å². The Labute approximate surface area is 288 Å². The number of nitrogens with one attached hydrogen (secondary N) is 3. The van der Waals surface area contributed by atoms with E-state index in [0.717, 1.165) is 5.56 Å². The lowest BCUT2D eigenvalue weighted by atomic mass is 9.95. The normalized spacial score (nSPS) is 15.2. The number of hydrogen-bond acceptors (Lipinski definition) is 9. The number of esters is 1. The number of nitrogens with zero attached hydrogens (tertiary/aromatic N) is 1. The highest BCUT2D eigenvalue weighted by atomic mass is 79.9. The van der Waals surface area contributed by atoms with Gasteiger partial charge in [0.05, 0.1) is 51.1 Å². The fourth-order valence-corrected chi connectivity index (χ4v) is 5.71. The Kier molecular flexibility index (Phi) is 12.4. The number of carbonyl (C=O) groups is 2. The van der Waals surface area contributed by atoms with Gasteiger partial charge in [-0.2, -0.15) is 5.10 Å². The first-order valence-corrected chi connectivity index (χ1v) is 15.7. The fourth-order valence-electron chi connectivity index (χ4n) is 4.40. The van der Waals surface area contributed by atoms with Crippen LogP contribution in [0.3, 0.4) is 0 Å². The maximum atomic E-state index is 12.4. The monoisotopic (exact) mass is 754 g/mol. The Morgan fingerprint density at radius 3 is 2.54 bits per heavy atom. The number of aliphatic hydroxyl groups is 1. The van der Waals surface area contributed by atoms with E-state index < -0.39 is 24.3 Å². The van der Waals surface area contributed by atoms with Crippen molar-refractivity contribution < 1.29 is 33.6 Å². The summed E-state index contributed by atoms with van der Waals surface area (Å²) in [6, 6.07) is 12.4. The molecule has 1 heterocycles. The number of rotatable bonds is 13. The number of ether oxygens (including phenoxy) is 4. The predicted octanol–water partition coefficient (Wildman–Crippen LogP) is 6.51. The maximum Gasteiger partial charge on any atom is 0.337 e. The number of halogens is 4. The molecule has 2 amide bonds. The van der Waals surface area contributed by atoms with Gasteiger partial charge in [-0.3, -0.25) is 5.43 Å². The van der Waals surface area contributed by atoms with E-state index in [1.807, 2.05) is 0 Å². The summed E-state index contributed by atoms with van der Waals surface area (Å²) in [6.07, 6.45) is 0.295. The van der Waals surface area contributed by atoms with Gasteiger partial charge in [0.15, 0.2) is 23.5 Å². The molecule has 0 spiro atoms. The molecule has 4 N–H and O–H groups in total. The quantitative estimate of drug-likeness (QED) is 0.0671. The van der Waals surface area contributed by atoms with Gasteiger partial charge in [-0.25, -0.2) is 9.59 Å². The molecule has 0 aliphatic carbocycles. The lowest BCUT2D eigenvalue weighted by Gasteiger charge is -2.28. The summed E-state index contributed by atoms with van der Waals surface area (Å²) in [7, 11) is 1.27. The molecule has 0 saturated heterocycles. The van der Waals surface area contributed by atoms with Crippen LogP contribution in [0.15, 0.2) is 69.4 Å². The molecular formula is C31H30BrCl3N4O7. The molecule has 11 nitrogen and oxygen atoms in total. The van der Waals surface area contributed by atoms with Crippen molar-refractivity contribution in [1.82, 2.24) is 16.1 Å². The van der Waals surface area contributed by atoms with Crippen molar-refractivity contribution in [2.75, 3.05) is 20.3 Å². The maximum absolute atomic E-state index is 12.4. The number of hydrogen-bond donors (Lipinski definition) is 4. The summed E-state index contributed by atoms with van der Waals surface area (Å²) in [5.74, 6) is 0.550. The molecule has 3 aromatic carbocycles. The topological polar surface area (TPSA) is 140 Å². The van der Waals surface area contributed by atoms with E-state index in [1.165, 1.54) is 13.3 Å². The first-order chi connectivity index (χ1) is 22.0. The van der Waals surface area contributed by atoms with Gasteiger partial charge >= 0.3 is 12.0 Å². The number of allylic oxidation sites excluding steroid dienone is 1. The van der Waals surface area contributed by atoms with Crippen LogP contribution in [0.4, 0.5) is 4.79 Å². The van der Waals surface area contributed by atoms with E-state index in [1.54, 1.807) is 62.4 Å². The van der Waals surface area contributed by atoms with Crippen LogP contribution in [-0.4, -0.2) is 49.9 Å². The molecule has 0 bridgehead atoms. The Bertz CT molecular complexity index is 1650. The Hall–Kier alpha value is -3.68. The van der Waals surface area contributed by atoms with Gasteiger partial charge in [-0.05, 0) is 82.9 Å². The van der Waals surface area contributed by atoms with Crippen molar-refractivity contribution in [3.8, 4) is 17.2 Å². The molecule has 0 unspecified atom stereocenters. The molecule has 1 aliphatic rings. The number of urea groups is 1. The molecular weight excluding hydrogens is 727 g/mol. The summed E-state index contributed by atoms with van der Waals surface area (Å²) in [6.45, 7) is 3.79. The average molecular weight is 757 g/mol. The van der Waals surface area contributed by atoms with Crippen LogP contribution in [0.5, 0.6) is 17.2 Å². The molecule has 0 aromatic heterocycles. The second-order valence-corrected chi connectivity index (χ2v) is 11.8. The summed E-state index contributed by atoms with van der Waals surface area (Å²) < 4.78 is 22.9. The van der Waals surface area contributed by atoms with Crippen LogP contribution in [0.25, 0.3) is 0 Å². The van der Waals surface area contributed by atoms with Gasteiger partial charge in [0.25, 0.3) is 0 Å². The molecule has 3 aromatic rings. The van der Waals surface area contributed by atoms with Crippen molar-refractivity contribution in [3.05, 3.63) is 96.0 Å². The van der Waals surface area contributed by atoms with Gasteiger partial charge < -0.3 is 34.7 Å². The Balaban J connectivity index is 1.37. The van der Waals surface area contributed by atoms with Crippen molar-refractivity contribution in [3.63, 3.8) is 0 Å². The average Bonchev–Trinajstić information content (AvgIpc) is 3.01. The zero-order chi connectivity index (χ0) is 33.4. The lowest BCUT2D eigenvalue weighted by Crippen LogP contribution is -2.45. The smallest absolute Gasteiger partial charge is 0.337 e. The number of hydrazone groups is 1. The van der Waals surface area contributed by atoms with Crippen molar-refractivity contribution in [2.24, 2.45) is 5.10 Å². The Morgan fingerprint density at radius 2 is 1.85 bits per heavy atom. The van der Waals surface area contributed by atoms with Gasteiger partial charge in [0.1, 0.15) is 13.2 Å². The molecule has 15 heteroatoms. The van der Waals surface area contributed by atoms with E-state index in [-0.39, 0.29) is 18.8 Å². The van der Waals surface area contributed by atoms with E-state index in [0.29, 0.717) is 60.2 Å². The number of benzene rings is 3. The van der Waals surface area contributed by atoms with E-state index in [2.05, 4.69) is 37.1 Å². The number of aliphatic hydroxyl groups excluding tert-OH is 1. The second kappa shape index (κ2) is 16.2. The molecule has 0 saturated carbocycles. The molecule has 2 atom stereocenters. The minimum Gasteiger partial charge on any atom is -0.490 e. The van der Waals surface area contributed by atoms with E-state index in [4.69, 9.17) is 53.8 Å². The molecule has 0 fully saturated rings. The van der Waals surface area contributed by atoms with E-state index in [9.17, 15) is 14.7 Å². The highest BCUT2D eigenvalue weighted by Gasteiger charge is 2.32. The summed E-state index contributed by atoms with van der Waals surface area (Å²) in [5.41, 5.74) is 5.26. The van der Waals surface area contributed by atoms with Crippen LogP contribution in [0.2, 0.25) is 15.1 Å². The van der Waals surface area contributed by atoms with Crippen LogP contribution < -0.4 is 30.3 Å². The van der Waals surface area contributed by atoms with Crippen LogP contribution in [-0.2, 0) is 16.1 Å². The second-order valence-electron chi connectivity index (χ2n) is 9.77. The van der Waals surface area contributed by atoms with Crippen LogP contribution in [0, 0.1) is 0 Å². The lowest BCUT2D eigenvalue weighted by molar-refractivity contribution is -0.136. The zero-order valence-corrected chi connectivity index (χ0v) is 28.7. The largest absolute Gasteiger partial charge is 0.490 e.